The fourth-order valence-electron chi connectivity index (χ4n) is 2.97. The minimum absolute atomic E-state index is 0. The lowest BCUT2D eigenvalue weighted by Crippen LogP contribution is -2.44. The summed E-state index contributed by atoms with van der Waals surface area (Å²) < 4.78 is 0. The number of piperazine rings is 1. The molecule has 7 heteroatoms. The molecule has 1 heterocycles. The van der Waals surface area contributed by atoms with E-state index >= 15 is 0 Å². The number of carbonyl (C=O) groups is 1. The zero-order valence-electron chi connectivity index (χ0n) is 15.2. The monoisotopic (exact) mass is 390 g/mol. The zero-order valence-corrected chi connectivity index (χ0v) is 16.9. The summed E-state index contributed by atoms with van der Waals surface area (Å²) in [7, 11) is 2.00. The Kier molecular flexibility index (Phi) is 12.9. The van der Waals surface area contributed by atoms with Crippen LogP contribution in [0.15, 0.2) is 30.3 Å². The summed E-state index contributed by atoms with van der Waals surface area (Å²) in [6.07, 6.45) is 1.00. The third-order valence-electron chi connectivity index (χ3n) is 4.46. The van der Waals surface area contributed by atoms with E-state index in [4.69, 9.17) is 0 Å². The Morgan fingerprint density at radius 2 is 1.88 bits per heavy atom. The first-order chi connectivity index (χ1) is 11.2. The summed E-state index contributed by atoms with van der Waals surface area (Å²) >= 11 is 0. The average Bonchev–Trinajstić information content (AvgIpc) is 2.60. The maximum atomic E-state index is 12.6. The van der Waals surface area contributed by atoms with Gasteiger partial charge in [-0.25, -0.2) is 0 Å². The second-order valence-corrected chi connectivity index (χ2v) is 6.12. The molecule has 0 aliphatic carbocycles. The molecular formula is C18H32Cl2N4O. The lowest BCUT2D eigenvalue weighted by molar-refractivity contribution is -0.126. The fraction of sp³-hybridized carbons (Fsp3) is 0.611. The van der Waals surface area contributed by atoms with Crippen molar-refractivity contribution in [3.63, 3.8) is 0 Å². The first kappa shape index (κ1) is 24.1. The maximum absolute atomic E-state index is 12.6. The number of hydrogen-bond donors (Lipinski definition) is 2. The largest absolute Gasteiger partial charge is 0.354 e. The molecule has 1 aliphatic rings. The molecule has 1 aliphatic heterocycles. The molecule has 1 aromatic rings. The molecule has 0 saturated carbocycles. The Bertz CT molecular complexity index is 469. The standard InChI is InChI=1S/C18H30N4O.2ClH/c1-3-21(2)17(16-8-5-4-6-9-16)18(23)20-10-7-13-22-14-11-19-12-15-22;;/h4-6,8-9,17,19H,3,7,10-15H2,1-2H3,(H,20,23);2*1H. The van der Waals surface area contributed by atoms with Crippen molar-refractivity contribution >= 4 is 30.7 Å². The highest BCUT2D eigenvalue weighted by Crippen LogP contribution is 2.19. The zero-order chi connectivity index (χ0) is 16.5. The summed E-state index contributed by atoms with van der Waals surface area (Å²) in [6.45, 7) is 9.08. The number of nitrogens with zero attached hydrogens (tertiary/aromatic N) is 2. The summed E-state index contributed by atoms with van der Waals surface area (Å²) in [5.41, 5.74) is 1.05. The fourth-order valence-corrected chi connectivity index (χ4v) is 2.97. The van der Waals surface area contributed by atoms with Gasteiger partial charge in [0.1, 0.15) is 6.04 Å². The Balaban J connectivity index is 0.00000288. The topological polar surface area (TPSA) is 47.6 Å². The van der Waals surface area contributed by atoms with Crippen LogP contribution in [0.4, 0.5) is 0 Å². The smallest absolute Gasteiger partial charge is 0.241 e. The van der Waals surface area contributed by atoms with Gasteiger partial charge in [-0.3, -0.25) is 9.69 Å². The van der Waals surface area contributed by atoms with Gasteiger partial charge in [0.05, 0.1) is 0 Å². The Labute approximate surface area is 164 Å². The van der Waals surface area contributed by atoms with Crippen LogP contribution in [-0.2, 0) is 4.79 Å². The van der Waals surface area contributed by atoms with Gasteiger partial charge in [0.15, 0.2) is 0 Å². The molecule has 1 saturated heterocycles. The number of nitrogens with one attached hydrogen (secondary N) is 2. The summed E-state index contributed by atoms with van der Waals surface area (Å²) in [5, 5.41) is 6.47. The van der Waals surface area contributed by atoms with Crippen LogP contribution in [-0.4, -0.2) is 68.6 Å². The molecule has 0 bridgehead atoms. The maximum Gasteiger partial charge on any atom is 0.241 e. The predicted octanol–water partition coefficient (Wildman–Crippen LogP) is 1.93. The van der Waals surface area contributed by atoms with Gasteiger partial charge in [0.2, 0.25) is 5.91 Å². The van der Waals surface area contributed by atoms with E-state index in [1.807, 2.05) is 37.4 Å². The molecule has 2 rings (SSSR count). The van der Waals surface area contributed by atoms with Crippen LogP contribution in [0.1, 0.15) is 24.9 Å². The van der Waals surface area contributed by atoms with Crippen molar-refractivity contribution in [3.05, 3.63) is 35.9 Å². The molecule has 1 amide bonds. The highest BCUT2D eigenvalue weighted by Gasteiger charge is 2.23. The molecule has 2 N–H and O–H groups in total. The quantitative estimate of drug-likeness (QED) is 0.665. The van der Waals surface area contributed by atoms with Crippen molar-refractivity contribution in [2.45, 2.75) is 19.4 Å². The van der Waals surface area contributed by atoms with Crippen LogP contribution < -0.4 is 10.6 Å². The van der Waals surface area contributed by atoms with Crippen LogP contribution in [0.25, 0.3) is 0 Å². The second-order valence-electron chi connectivity index (χ2n) is 6.12. The molecule has 1 atom stereocenters. The molecule has 0 aromatic heterocycles. The number of carbonyl (C=O) groups excluding carboxylic acids is 1. The van der Waals surface area contributed by atoms with Crippen LogP contribution in [0.2, 0.25) is 0 Å². The Morgan fingerprint density at radius 1 is 1.24 bits per heavy atom. The third-order valence-corrected chi connectivity index (χ3v) is 4.46. The summed E-state index contributed by atoms with van der Waals surface area (Å²) in [5.74, 6) is 0.0980. The van der Waals surface area contributed by atoms with Gasteiger partial charge in [-0.1, -0.05) is 37.3 Å². The van der Waals surface area contributed by atoms with Crippen LogP contribution in [0.5, 0.6) is 0 Å². The van der Waals surface area contributed by atoms with Crippen molar-refractivity contribution in [1.82, 2.24) is 20.4 Å². The molecule has 0 radical (unpaired) electrons. The summed E-state index contributed by atoms with van der Waals surface area (Å²) in [6, 6.07) is 9.81. The lowest BCUT2D eigenvalue weighted by atomic mass is 10.0. The van der Waals surface area contributed by atoms with E-state index in [9.17, 15) is 4.79 Å². The number of likely N-dealkylation sites (N-methyl/N-ethyl adjacent to an activating group) is 1. The summed E-state index contributed by atoms with van der Waals surface area (Å²) in [4.78, 5) is 17.2. The molecule has 5 nitrogen and oxygen atoms in total. The van der Waals surface area contributed by atoms with Gasteiger partial charge in [0, 0.05) is 32.7 Å². The molecule has 0 spiro atoms. The van der Waals surface area contributed by atoms with Gasteiger partial charge in [0.25, 0.3) is 0 Å². The van der Waals surface area contributed by atoms with E-state index in [0.29, 0.717) is 0 Å². The van der Waals surface area contributed by atoms with E-state index < -0.39 is 0 Å². The van der Waals surface area contributed by atoms with Crippen molar-refractivity contribution in [1.29, 1.82) is 0 Å². The molecule has 1 fully saturated rings. The average molecular weight is 391 g/mol. The van der Waals surface area contributed by atoms with Gasteiger partial charge < -0.3 is 15.5 Å². The number of benzene rings is 1. The first-order valence-electron chi connectivity index (χ1n) is 8.68. The first-order valence-corrected chi connectivity index (χ1v) is 8.68. The highest BCUT2D eigenvalue weighted by molar-refractivity contribution is 5.85. The Hall–Kier alpha value is -0.850. The molecule has 25 heavy (non-hydrogen) atoms. The number of rotatable bonds is 8. The van der Waals surface area contributed by atoms with Crippen molar-refractivity contribution in [2.24, 2.45) is 0 Å². The molecule has 144 valence electrons. The lowest BCUT2D eigenvalue weighted by Gasteiger charge is -2.28. The van der Waals surface area contributed by atoms with Gasteiger partial charge in [-0.2, -0.15) is 0 Å². The van der Waals surface area contributed by atoms with Crippen LogP contribution in [0.3, 0.4) is 0 Å². The van der Waals surface area contributed by atoms with E-state index in [0.717, 1.165) is 57.8 Å². The van der Waals surface area contributed by atoms with Crippen LogP contribution >= 0.6 is 24.8 Å². The number of halogens is 2. The SMILES string of the molecule is CCN(C)C(C(=O)NCCCN1CCNCC1)c1ccccc1.Cl.Cl. The van der Waals surface area contributed by atoms with Gasteiger partial charge in [-0.05, 0) is 32.1 Å². The second kappa shape index (κ2) is 13.4. The van der Waals surface area contributed by atoms with Crippen molar-refractivity contribution < 1.29 is 4.79 Å². The van der Waals surface area contributed by atoms with Gasteiger partial charge in [-0.15, -0.1) is 24.8 Å². The normalized spacial score (nSPS) is 15.8. The van der Waals surface area contributed by atoms with E-state index in [2.05, 4.69) is 27.4 Å². The minimum Gasteiger partial charge on any atom is -0.354 e. The number of amides is 1. The Morgan fingerprint density at radius 3 is 2.48 bits per heavy atom. The van der Waals surface area contributed by atoms with Gasteiger partial charge >= 0.3 is 0 Å². The number of hydrogen-bond acceptors (Lipinski definition) is 4. The van der Waals surface area contributed by atoms with E-state index in [1.165, 1.54) is 0 Å². The molecule has 1 aromatic carbocycles. The third kappa shape index (κ3) is 7.92. The van der Waals surface area contributed by atoms with Crippen molar-refractivity contribution in [3.8, 4) is 0 Å². The minimum atomic E-state index is -0.208. The molecule has 1 unspecified atom stereocenters. The van der Waals surface area contributed by atoms with E-state index in [1.54, 1.807) is 0 Å². The van der Waals surface area contributed by atoms with E-state index in [-0.39, 0.29) is 36.8 Å². The molecular weight excluding hydrogens is 359 g/mol. The van der Waals surface area contributed by atoms with Crippen molar-refractivity contribution in [2.75, 3.05) is 52.9 Å². The van der Waals surface area contributed by atoms with Crippen LogP contribution in [0, 0.1) is 0 Å². The predicted molar refractivity (Wildman–Crippen MR) is 109 cm³/mol. The highest BCUT2D eigenvalue weighted by atomic mass is 35.5.